The highest BCUT2D eigenvalue weighted by Gasteiger charge is 2.19. The molecule has 0 saturated heterocycles. The molecule has 138 valence electrons. The zero-order valence-corrected chi connectivity index (χ0v) is 16.7. The van der Waals surface area contributed by atoms with E-state index in [4.69, 9.17) is 25.8 Å². The molecule has 0 bridgehead atoms. The van der Waals surface area contributed by atoms with E-state index >= 15 is 0 Å². The molecule has 2 aromatic rings. The maximum absolute atomic E-state index is 12.2. The van der Waals surface area contributed by atoms with E-state index in [9.17, 15) is 9.59 Å². The highest BCUT2D eigenvalue weighted by atomic mass is 79.9. The summed E-state index contributed by atoms with van der Waals surface area (Å²) in [5.74, 6) is -0.340. The smallest absolute Gasteiger partial charge is 0.352 e. The Bertz CT molecular complexity index is 793. The first kappa shape index (κ1) is 20.3. The number of rotatable bonds is 7. The monoisotopic (exact) mass is 440 g/mol. The summed E-state index contributed by atoms with van der Waals surface area (Å²) < 4.78 is 16.6. The molecular formula is C19H18BrClO5. The Kier molecular flexibility index (Phi) is 7.48. The average Bonchev–Trinajstić information content (AvgIpc) is 2.62. The zero-order valence-electron chi connectivity index (χ0n) is 14.3. The number of benzene rings is 2. The van der Waals surface area contributed by atoms with Gasteiger partial charge in [0.15, 0.2) is 6.10 Å². The summed E-state index contributed by atoms with van der Waals surface area (Å²) in [7, 11) is 0. The molecule has 0 fully saturated rings. The molecule has 0 amide bonds. The number of halogens is 2. The van der Waals surface area contributed by atoms with E-state index in [1.807, 2.05) is 6.92 Å². The van der Waals surface area contributed by atoms with Crippen LogP contribution in [0.3, 0.4) is 0 Å². The van der Waals surface area contributed by atoms with Crippen LogP contribution in [0.15, 0.2) is 46.9 Å². The Morgan fingerprint density at radius 1 is 1.19 bits per heavy atom. The van der Waals surface area contributed by atoms with Crippen molar-refractivity contribution in [2.75, 3.05) is 6.61 Å². The van der Waals surface area contributed by atoms with Crippen LogP contribution in [0.25, 0.3) is 0 Å². The molecule has 0 radical (unpaired) electrons. The minimum atomic E-state index is -0.858. The highest BCUT2D eigenvalue weighted by molar-refractivity contribution is 9.10. The molecule has 0 saturated carbocycles. The van der Waals surface area contributed by atoms with Gasteiger partial charge in [-0.2, -0.15) is 0 Å². The van der Waals surface area contributed by atoms with E-state index in [1.54, 1.807) is 43.3 Å². The molecular weight excluding hydrogens is 424 g/mol. The van der Waals surface area contributed by atoms with Gasteiger partial charge < -0.3 is 14.2 Å². The third kappa shape index (κ3) is 5.75. The van der Waals surface area contributed by atoms with Gasteiger partial charge in [-0.15, -0.1) is 0 Å². The fourth-order valence-electron chi connectivity index (χ4n) is 1.97. The summed E-state index contributed by atoms with van der Waals surface area (Å²) in [5.41, 5.74) is 0.317. The Morgan fingerprint density at radius 2 is 1.96 bits per heavy atom. The molecule has 0 aliphatic carbocycles. The first-order chi connectivity index (χ1) is 12.4. The van der Waals surface area contributed by atoms with Crippen LogP contribution >= 0.6 is 27.5 Å². The van der Waals surface area contributed by atoms with Crippen LogP contribution in [0.2, 0.25) is 5.02 Å². The van der Waals surface area contributed by atoms with Gasteiger partial charge in [-0.05, 0) is 65.7 Å². The van der Waals surface area contributed by atoms with E-state index in [0.717, 1.165) is 6.42 Å². The molecule has 0 aromatic heterocycles. The van der Waals surface area contributed by atoms with Crippen LogP contribution in [0, 0.1) is 0 Å². The van der Waals surface area contributed by atoms with Gasteiger partial charge >= 0.3 is 11.9 Å². The number of esters is 2. The normalized spacial score (nSPS) is 11.5. The van der Waals surface area contributed by atoms with Crippen molar-refractivity contribution in [3.8, 4) is 11.5 Å². The summed E-state index contributed by atoms with van der Waals surface area (Å²) >= 11 is 9.21. The van der Waals surface area contributed by atoms with E-state index in [2.05, 4.69) is 15.9 Å². The van der Waals surface area contributed by atoms with Crippen LogP contribution in [-0.4, -0.2) is 24.6 Å². The maximum atomic E-state index is 12.2. The molecule has 1 atom stereocenters. The van der Waals surface area contributed by atoms with Crippen molar-refractivity contribution >= 4 is 39.5 Å². The fraction of sp³-hybridized carbons (Fsp3) is 0.263. The SMILES string of the molecule is CCCOC(=O)c1cccc(OC(=O)C(C)Oc2ccc(Cl)cc2Br)c1. The van der Waals surface area contributed by atoms with Crippen LogP contribution < -0.4 is 9.47 Å². The predicted molar refractivity (Wildman–Crippen MR) is 102 cm³/mol. The summed E-state index contributed by atoms with van der Waals surface area (Å²) in [6.07, 6.45) is -0.126. The van der Waals surface area contributed by atoms with Gasteiger partial charge in [0.05, 0.1) is 16.6 Å². The summed E-state index contributed by atoms with van der Waals surface area (Å²) in [6.45, 7) is 3.82. The molecule has 0 heterocycles. The first-order valence-corrected chi connectivity index (χ1v) is 9.18. The van der Waals surface area contributed by atoms with E-state index in [-0.39, 0.29) is 5.75 Å². The van der Waals surface area contributed by atoms with Gasteiger partial charge in [0.2, 0.25) is 0 Å². The van der Waals surface area contributed by atoms with Gasteiger partial charge in [0, 0.05) is 5.02 Å². The van der Waals surface area contributed by atoms with Crippen molar-refractivity contribution in [3.05, 3.63) is 57.5 Å². The Balaban J connectivity index is 2.01. The lowest BCUT2D eigenvalue weighted by Gasteiger charge is -2.15. The Morgan fingerprint density at radius 3 is 2.65 bits per heavy atom. The second kappa shape index (κ2) is 9.59. The lowest BCUT2D eigenvalue weighted by Crippen LogP contribution is -2.28. The summed E-state index contributed by atoms with van der Waals surface area (Å²) in [5, 5.41) is 0.547. The van der Waals surface area contributed by atoms with Gasteiger partial charge in [0.25, 0.3) is 0 Å². The van der Waals surface area contributed by atoms with Crippen LogP contribution in [0.5, 0.6) is 11.5 Å². The second-order valence-corrected chi connectivity index (χ2v) is 6.71. The van der Waals surface area contributed by atoms with E-state index < -0.39 is 18.0 Å². The zero-order chi connectivity index (χ0) is 19.1. The molecule has 2 rings (SSSR count). The maximum Gasteiger partial charge on any atom is 0.352 e. The van der Waals surface area contributed by atoms with Crippen LogP contribution in [-0.2, 0) is 9.53 Å². The molecule has 0 aliphatic rings. The highest BCUT2D eigenvalue weighted by Crippen LogP contribution is 2.29. The van der Waals surface area contributed by atoms with Gasteiger partial charge in [0.1, 0.15) is 11.5 Å². The van der Waals surface area contributed by atoms with Crippen LogP contribution in [0.4, 0.5) is 0 Å². The van der Waals surface area contributed by atoms with Crippen molar-refractivity contribution in [1.29, 1.82) is 0 Å². The van der Waals surface area contributed by atoms with E-state index in [1.165, 1.54) is 6.07 Å². The molecule has 1 unspecified atom stereocenters. The molecule has 7 heteroatoms. The Hall–Kier alpha value is -2.05. The summed E-state index contributed by atoms with van der Waals surface area (Å²) in [6, 6.07) is 11.2. The van der Waals surface area contributed by atoms with Crippen molar-refractivity contribution < 1.29 is 23.8 Å². The standard InChI is InChI=1S/C19H18BrClO5/c1-3-9-24-19(23)13-5-4-6-15(10-13)26-18(22)12(2)25-17-8-7-14(21)11-16(17)20/h4-8,10-12H,3,9H2,1-2H3. The number of carbonyl (C=O) groups excluding carboxylic acids is 2. The van der Waals surface area contributed by atoms with E-state index in [0.29, 0.717) is 27.4 Å². The molecule has 2 aromatic carbocycles. The minimum absolute atomic E-state index is 0.242. The van der Waals surface area contributed by atoms with Crippen molar-refractivity contribution in [2.24, 2.45) is 0 Å². The van der Waals surface area contributed by atoms with Gasteiger partial charge in [-0.1, -0.05) is 24.6 Å². The number of hydrogen-bond donors (Lipinski definition) is 0. The molecule has 0 aliphatic heterocycles. The topological polar surface area (TPSA) is 61.8 Å². The van der Waals surface area contributed by atoms with Crippen molar-refractivity contribution in [3.63, 3.8) is 0 Å². The molecule has 0 N–H and O–H groups in total. The third-order valence-corrected chi connectivity index (χ3v) is 4.11. The number of ether oxygens (including phenoxy) is 3. The molecule has 0 spiro atoms. The average molecular weight is 442 g/mol. The fourth-order valence-corrected chi connectivity index (χ4v) is 2.75. The van der Waals surface area contributed by atoms with Crippen molar-refractivity contribution in [2.45, 2.75) is 26.4 Å². The Labute approximate surface area is 165 Å². The molecule has 26 heavy (non-hydrogen) atoms. The number of hydrogen-bond acceptors (Lipinski definition) is 5. The largest absolute Gasteiger partial charge is 0.478 e. The lowest BCUT2D eigenvalue weighted by molar-refractivity contribution is -0.141. The predicted octanol–water partition coefficient (Wildman–Crippen LogP) is 5.04. The first-order valence-electron chi connectivity index (χ1n) is 8.01. The third-order valence-electron chi connectivity index (χ3n) is 3.26. The van der Waals surface area contributed by atoms with Gasteiger partial charge in [-0.25, -0.2) is 9.59 Å². The second-order valence-electron chi connectivity index (χ2n) is 5.42. The summed E-state index contributed by atoms with van der Waals surface area (Å²) in [4.78, 5) is 24.1. The number of carbonyl (C=O) groups is 2. The molecule has 5 nitrogen and oxygen atoms in total. The quantitative estimate of drug-likeness (QED) is 0.445. The minimum Gasteiger partial charge on any atom is -0.478 e. The van der Waals surface area contributed by atoms with Crippen LogP contribution in [0.1, 0.15) is 30.6 Å². The van der Waals surface area contributed by atoms with Crippen molar-refractivity contribution in [1.82, 2.24) is 0 Å². The van der Waals surface area contributed by atoms with Gasteiger partial charge in [-0.3, -0.25) is 0 Å². The lowest BCUT2D eigenvalue weighted by atomic mass is 10.2.